The van der Waals surface area contributed by atoms with Gasteiger partial charge in [-0.2, -0.15) is 0 Å². The quantitative estimate of drug-likeness (QED) is 0.707. The zero-order valence-electron chi connectivity index (χ0n) is 13.3. The van der Waals surface area contributed by atoms with Gasteiger partial charge in [0.2, 0.25) is 15.9 Å². The van der Waals surface area contributed by atoms with Crippen molar-refractivity contribution in [3.05, 3.63) is 46.7 Å². The van der Waals surface area contributed by atoms with Gasteiger partial charge in [0.05, 0.1) is 12.0 Å². The lowest BCUT2D eigenvalue weighted by molar-refractivity contribution is -0.120. The van der Waals surface area contributed by atoms with Gasteiger partial charge in [-0.05, 0) is 42.1 Å². The van der Waals surface area contributed by atoms with E-state index in [-0.39, 0.29) is 23.8 Å². The van der Waals surface area contributed by atoms with E-state index in [1.165, 1.54) is 24.1 Å². The molecule has 2 aromatic rings. The zero-order valence-corrected chi connectivity index (χ0v) is 15.0. The fraction of sp³-hybridized carbons (Fsp3) is 0.312. The van der Waals surface area contributed by atoms with Gasteiger partial charge in [-0.25, -0.2) is 13.1 Å². The van der Waals surface area contributed by atoms with Crippen molar-refractivity contribution in [3.8, 4) is 5.75 Å². The Morgan fingerprint density at radius 2 is 1.92 bits per heavy atom. The number of carbonyl (C=O) groups excluding carboxylic acids is 1. The van der Waals surface area contributed by atoms with Crippen molar-refractivity contribution >= 4 is 27.3 Å². The molecule has 0 radical (unpaired) electrons. The van der Waals surface area contributed by atoms with E-state index in [1.54, 1.807) is 23.5 Å². The SMILES string of the molecule is COc1ccc(S(=O)(=O)NCCC(=O)NCCc2cccs2)cc1. The van der Waals surface area contributed by atoms with Gasteiger partial charge in [0.1, 0.15) is 5.75 Å². The van der Waals surface area contributed by atoms with E-state index < -0.39 is 10.0 Å². The number of hydrogen-bond acceptors (Lipinski definition) is 5. The van der Waals surface area contributed by atoms with Crippen molar-refractivity contribution in [2.75, 3.05) is 20.2 Å². The summed E-state index contributed by atoms with van der Waals surface area (Å²) in [6.07, 6.45) is 0.876. The van der Waals surface area contributed by atoms with E-state index >= 15 is 0 Å². The molecule has 0 fully saturated rings. The summed E-state index contributed by atoms with van der Waals surface area (Å²) >= 11 is 1.64. The molecule has 1 aromatic heterocycles. The zero-order chi connectivity index (χ0) is 17.4. The molecule has 0 bridgehead atoms. The standard InChI is InChI=1S/C16H20N2O4S2/c1-22-13-4-6-15(7-5-13)24(20,21)18-11-9-16(19)17-10-8-14-3-2-12-23-14/h2-7,12,18H,8-11H2,1H3,(H,17,19). The summed E-state index contributed by atoms with van der Waals surface area (Å²) in [4.78, 5) is 13.1. The Bertz CT molecular complexity index is 741. The van der Waals surface area contributed by atoms with Crippen LogP contribution in [0, 0.1) is 0 Å². The molecule has 130 valence electrons. The molecule has 1 heterocycles. The lowest BCUT2D eigenvalue weighted by Crippen LogP contribution is -2.31. The minimum atomic E-state index is -3.62. The summed E-state index contributed by atoms with van der Waals surface area (Å²) in [6.45, 7) is 0.601. The smallest absolute Gasteiger partial charge is 0.240 e. The van der Waals surface area contributed by atoms with Crippen LogP contribution in [0.3, 0.4) is 0 Å². The number of carbonyl (C=O) groups is 1. The fourth-order valence-corrected chi connectivity index (χ4v) is 3.75. The molecule has 1 aromatic carbocycles. The summed E-state index contributed by atoms with van der Waals surface area (Å²) in [5.41, 5.74) is 0. The molecule has 0 aliphatic carbocycles. The highest BCUT2D eigenvalue weighted by Crippen LogP contribution is 2.15. The third-order valence-corrected chi connectivity index (χ3v) is 5.70. The molecule has 8 heteroatoms. The Morgan fingerprint density at radius 1 is 1.17 bits per heavy atom. The molecule has 0 saturated carbocycles. The first kappa shape index (κ1) is 18.4. The Morgan fingerprint density at radius 3 is 2.54 bits per heavy atom. The number of methoxy groups -OCH3 is 1. The number of nitrogens with one attached hydrogen (secondary N) is 2. The van der Waals surface area contributed by atoms with Crippen LogP contribution in [-0.4, -0.2) is 34.5 Å². The maximum absolute atomic E-state index is 12.1. The highest BCUT2D eigenvalue weighted by atomic mass is 32.2. The molecule has 24 heavy (non-hydrogen) atoms. The summed E-state index contributed by atoms with van der Waals surface area (Å²) < 4.78 is 31.6. The predicted octanol–water partition coefficient (Wildman–Crippen LogP) is 1.78. The van der Waals surface area contributed by atoms with Crippen molar-refractivity contribution in [2.24, 2.45) is 0 Å². The van der Waals surface area contributed by atoms with Crippen LogP contribution < -0.4 is 14.8 Å². The lowest BCUT2D eigenvalue weighted by Gasteiger charge is -2.08. The summed E-state index contributed by atoms with van der Waals surface area (Å²) in [7, 11) is -2.11. The molecule has 6 nitrogen and oxygen atoms in total. The topological polar surface area (TPSA) is 84.5 Å². The van der Waals surface area contributed by atoms with Gasteiger partial charge in [-0.1, -0.05) is 6.07 Å². The first-order valence-corrected chi connectivity index (χ1v) is 9.80. The van der Waals surface area contributed by atoms with Crippen LogP contribution in [-0.2, 0) is 21.2 Å². The van der Waals surface area contributed by atoms with Gasteiger partial charge < -0.3 is 10.1 Å². The van der Waals surface area contributed by atoms with Gasteiger partial charge in [0, 0.05) is 24.4 Å². The van der Waals surface area contributed by atoms with Gasteiger partial charge >= 0.3 is 0 Å². The molecule has 0 spiro atoms. The summed E-state index contributed by atoms with van der Waals surface area (Å²) in [5.74, 6) is 0.406. The number of benzene rings is 1. The Balaban J connectivity index is 1.72. The molecule has 0 atom stereocenters. The molecular weight excluding hydrogens is 348 g/mol. The second kappa shape index (κ2) is 8.81. The number of hydrogen-bond donors (Lipinski definition) is 2. The molecule has 0 saturated heterocycles. The van der Waals surface area contributed by atoms with Crippen molar-refractivity contribution in [2.45, 2.75) is 17.7 Å². The second-order valence-electron chi connectivity index (χ2n) is 5.00. The fourth-order valence-electron chi connectivity index (χ4n) is 2.01. The van der Waals surface area contributed by atoms with Crippen LogP contribution >= 0.6 is 11.3 Å². The van der Waals surface area contributed by atoms with Gasteiger partial charge in [-0.15, -0.1) is 11.3 Å². The average Bonchev–Trinajstić information content (AvgIpc) is 3.08. The van der Waals surface area contributed by atoms with Crippen molar-refractivity contribution in [1.82, 2.24) is 10.0 Å². The van der Waals surface area contributed by atoms with E-state index in [9.17, 15) is 13.2 Å². The summed E-state index contributed by atoms with van der Waals surface area (Å²) in [5, 5.41) is 4.77. The Labute approximate surface area is 145 Å². The first-order chi connectivity index (χ1) is 11.5. The number of ether oxygens (including phenoxy) is 1. The molecule has 1 amide bonds. The third-order valence-electron chi connectivity index (χ3n) is 3.29. The van der Waals surface area contributed by atoms with Gasteiger partial charge in [0.25, 0.3) is 0 Å². The van der Waals surface area contributed by atoms with E-state index in [1.807, 2.05) is 17.5 Å². The van der Waals surface area contributed by atoms with Crippen LogP contribution in [0.1, 0.15) is 11.3 Å². The van der Waals surface area contributed by atoms with Crippen molar-refractivity contribution in [1.29, 1.82) is 0 Å². The monoisotopic (exact) mass is 368 g/mol. The Kier molecular flexibility index (Phi) is 6.77. The minimum Gasteiger partial charge on any atom is -0.497 e. The third kappa shape index (κ3) is 5.63. The van der Waals surface area contributed by atoms with E-state index in [2.05, 4.69) is 10.0 Å². The molecular formula is C16H20N2O4S2. The van der Waals surface area contributed by atoms with E-state index in [0.717, 1.165) is 6.42 Å². The molecule has 0 aliphatic heterocycles. The number of thiophene rings is 1. The predicted molar refractivity (Wildman–Crippen MR) is 93.8 cm³/mol. The average molecular weight is 368 g/mol. The minimum absolute atomic E-state index is 0.0548. The second-order valence-corrected chi connectivity index (χ2v) is 7.80. The highest BCUT2D eigenvalue weighted by Gasteiger charge is 2.14. The first-order valence-electron chi connectivity index (χ1n) is 7.44. The van der Waals surface area contributed by atoms with E-state index in [0.29, 0.717) is 12.3 Å². The van der Waals surface area contributed by atoms with E-state index in [4.69, 9.17) is 4.74 Å². The number of rotatable bonds is 9. The molecule has 0 aliphatic rings. The summed E-state index contributed by atoms with van der Waals surface area (Å²) in [6, 6.07) is 10.1. The van der Waals surface area contributed by atoms with Crippen LogP contribution in [0.2, 0.25) is 0 Å². The highest BCUT2D eigenvalue weighted by molar-refractivity contribution is 7.89. The van der Waals surface area contributed by atoms with Crippen LogP contribution in [0.4, 0.5) is 0 Å². The van der Waals surface area contributed by atoms with Crippen LogP contribution in [0.5, 0.6) is 5.75 Å². The largest absolute Gasteiger partial charge is 0.497 e. The maximum Gasteiger partial charge on any atom is 0.240 e. The lowest BCUT2D eigenvalue weighted by atomic mass is 10.3. The van der Waals surface area contributed by atoms with Crippen LogP contribution in [0.25, 0.3) is 0 Å². The molecule has 2 N–H and O–H groups in total. The van der Waals surface area contributed by atoms with Crippen molar-refractivity contribution < 1.29 is 17.9 Å². The normalized spacial score (nSPS) is 11.2. The molecule has 0 unspecified atom stereocenters. The van der Waals surface area contributed by atoms with Crippen LogP contribution in [0.15, 0.2) is 46.7 Å². The van der Waals surface area contributed by atoms with Gasteiger partial charge in [0.15, 0.2) is 0 Å². The maximum atomic E-state index is 12.1. The molecule has 2 rings (SSSR count). The Hall–Kier alpha value is -1.90. The van der Waals surface area contributed by atoms with Gasteiger partial charge in [-0.3, -0.25) is 4.79 Å². The van der Waals surface area contributed by atoms with Crippen molar-refractivity contribution in [3.63, 3.8) is 0 Å². The number of amides is 1. The number of sulfonamides is 1.